The van der Waals surface area contributed by atoms with Crippen molar-refractivity contribution < 1.29 is 9.13 Å². The second-order valence-electron chi connectivity index (χ2n) is 7.65. The van der Waals surface area contributed by atoms with E-state index in [1.807, 2.05) is 36.8 Å². The van der Waals surface area contributed by atoms with Crippen LogP contribution in [0, 0.1) is 5.82 Å². The Balaban J connectivity index is 1.60. The number of nitrogens with zero attached hydrogens (tertiary/aromatic N) is 3. The number of ether oxygens (including phenoxy) is 1. The van der Waals surface area contributed by atoms with Crippen molar-refractivity contribution in [1.29, 1.82) is 0 Å². The number of aromatic nitrogens is 3. The van der Waals surface area contributed by atoms with E-state index in [0.29, 0.717) is 17.9 Å². The van der Waals surface area contributed by atoms with Gasteiger partial charge in [-0.1, -0.05) is 36.0 Å². The van der Waals surface area contributed by atoms with Crippen LogP contribution in [0.5, 0.6) is 5.75 Å². The highest BCUT2D eigenvalue weighted by molar-refractivity contribution is 7.98. The summed E-state index contributed by atoms with van der Waals surface area (Å²) in [7, 11) is 1.55. The fourth-order valence-electron chi connectivity index (χ4n) is 4.43. The van der Waals surface area contributed by atoms with Gasteiger partial charge in [-0.05, 0) is 30.4 Å². The predicted octanol–water partition coefficient (Wildman–Crippen LogP) is 4.98. The monoisotopic (exact) mass is 434 g/mol. The van der Waals surface area contributed by atoms with E-state index in [1.54, 1.807) is 7.11 Å². The molecule has 0 unspecified atom stereocenters. The molecule has 0 aliphatic carbocycles. The zero-order valence-corrected chi connectivity index (χ0v) is 18.2. The van der Waals surface area contributed by atoms with Crippen molar-refractivity contribution in [2.45, 2.75) is 24.2 Å². The molecule has 0 saturated heterocycles. The summed E-state index contributed by atoms with van der Waals surface area (Å²) in [5, 5.41) is 1.96. The van der Waals surface area contributed by atoms with Crippen molar-refractivity contribution >= 4 is 22.7 Å². The molecule has 0 amide bonds. The van der Waals surface area contributed by atoms with Crippen LogP contribution in [0.4, 0.5) is 4.39 Å². The van der Waals surface area contributed by atoms with Crippen LogP contribution in [0.2, 0.25) is 0 Å². The van der Waals surface area contributed by atoms with E-state index in [0.717, 1.165) is 34.9 Å². The van der Waals surface area contributed by atoms with Gasteiger partial charge in [0, 0.05) is 59.3 Å². The molecule has 3 heterocycles. The van der Waals surface area contributed by atoms with Crippen LogP contribution in [0.15, 0.2) is 60.0 Å². The van der Waals surface area contributed by atoms with Crippen molar-refractivity contribution in [3.63, 3.8) is 0 Å². The predicted molar refractivity (Wildman–Crippen MR) is 121 cm³/mol. The SMILES string of the molecule is COc1ccc([C@@H]2c3[nH]c4ccccc4c3CCN2Cc2cnc(SC)nc2)c(F)c1. The lowest BCUT2D eigenvalue weighted by atomic mass is 9.91. The first kappa shape index (κ1) is 20.0. The summed E-state index contributed by atoms with van der Waals surface area (Å²) in [5.41, 5.74) is 5.05. The number of thioether (sulfide) groups is 1. The molecule has 0 radical (unpaired) electrons. The van der Waals surface area contributed by atoms with Gasteiger partial charge in [0.1, 0.15) is 11.6 Å². The van der Waals surface area contributed by atoms with E-state index >= 15 is 4.39 Å². The third-order valence-corrected chi connectivity index (χ3v) is 6.46. The van der Waals surface area contributed by atoms with Crippen molar-refractivity contribution in [3.05, 3.63) is 83.1 Å². The van der Waals surface area contributed by atoms with Gasteiger partial charge in [-0.2, -0.15) is 0 Å². The summed E-state index contributed by atoms with van der Waals surface area (Å²) >= 11 is 1.52. The summed E-state index contributed by atoms with van der Waals surface area (Å²) < 4.78 is 20.5. The number of halogens is 1. The van der Waals surface area contributed by atoms with Crippen molar-refractivity contribution in [2.75, 3.05) is 19.9 Å². The highest BCUT2D eigenvalue weighted by Gasteiger charge is 2.33. The first-order chi connectivity index (χ1) is 15.2. The number of hydrogen-bond acceptors (Lipinski definition) is 5. The van der Waals surface area contributed by atoms with Crippen LogP contribution in [0.3, 0.4) is 0 Å². The Morgan fingerprint density at radius 3 is 2.74 bits per heavy atom. The minimum Gasteiger partial charge on any atom is -0.497 e. The minimum absolute atomic E-state index is 0.234. The molecule has 0 fully saturated rings. The van der Waals surface area contributed by atoms with Gasteiger partial charge in [0.25, 0.3) is 0 Å². The first-order valence-corrected chi connectivity index (χ1v) is 11.4. The standard InChI is InChI=1S/C24H23FN4OS/c1-30-16-7-8-19(20(25)11-16)23-22-18(17-5-3-4-6-21(17)28-22)9-10-29(23)14-15-12-26-24(31-2)27-13-15/h3-8,11-13,23,28H,9-10,14H2,1-2H3/t23-/m1/s1. The number of para-hydroxylation sites is 1. The molecule has 31 heavy (non-hydrogen) atoms. The summed E-state index contributed by atoms with van der Waals surface area (Å²) in [5.74, 6) is 0.247. The molecular formula is C24H23FN4OS. The third-order valence-electron chi connectivity index (χ3n) is 5.89. The average Bonchev–Trinajstić information content (AvgIpc) is 3.18. The number of benzene rings is 2. The number of H-pyrrole nitrogens is 1. The summed E-state index contributed by atoms with van der Waals surface area (Å²) in [6.45, 7) is 1.45. The number of hydrogen-bond donors (Lipinski definition) is 1. The van der Waals surface area contributed by atoms with E-state index in [-0.39, 0.29) is 11.9 Å². The molecule has 1 aliphatic heterocycles. The van der Waals surface area contributed by atoms with Gasteiger partial charge in [-0.25, -0.2) is 14.4 Å². The molecule has 2 aromatic carbocycles. The molecule has 0 bridgehead atoms. The average molecular weight is 435 g/mol. The van der Waals surface area contributed by atoms with Gasteiger partial charge in [0.2, 0.25) is 0 Å². The molecule has 0 saturated carbocycles. The molecule has 4 aromatic rings. The minimum atomic E-state index is -0.269. The van der Waals surface area contributed by atoms with Gasteiger partial charge in [0.15, 0.2) is 5.16 Å². The van der Waals surface area contributed by atoms with E-state index in [9.17, 15) is 0 Å². The largest absolute Gasteiger partial charge is 0.497 e. The van der Waals surface area contributed by atoms with Crippen LogP contribution in [-0.2, 0) is 13.0 Å². The van der Waals surface area contributed by atoms with Crippen LogP contribution >= 0.6 is 11.8 Å². The Morgan fingerprint density at radius 2 is 2.00 bits per heavy atom. The van der Waals surface area contributed by atoms with Gasteiger partial charge in [0.05, 0.1) is 13.2 Å². The number of aromatic amines is 1. The molecule has 158 valence electrons. The van der Waals surface area contributed by atoms with E-state index in [4.69, 9.17) is 4.74 Å². The van der Waals surface area contributed by atoms with Crippen molar-refractivity contribution in [2.24, 2.45) is 0 Å². The van der Waals surface area contributed by atoms with Crippen LogP contribution < -0.4 is 4.74 Å². The zero-order chi connectivity index (χ0) is 21.4. The lowest BCUT2D eigenvalue weighted by Crippen LogP contribution is -2.36. The molecule has 1 N–H and O–H groups in total. The molecule has 1 aliphatic rings. The number of rotatable bonds is 5. The van der Waals surface area contributed by atoms with Gasteiger partial charge in [-0.15, -0.1) is 0 Å². The summed E-state index contributed by atoms with van der Waals surface area (Å²) in [4.78, 5) is 14.7. The lowest BCUT2D eigenvalue weighted by molar-refractivity contribution is 0.197. The Kier molecular flexibility index (Phi) is 5.38. The second-order valence-corrected chi connectivity index (χ2v) is 8.42. The Hall–Kier alpha value is -2.90. The molecular weight excluding hydrogens is 411 g/mol. The maximum atomic E-state index is 15.2. The third kappa shape index (κ3) is 3.68. The first-order valence-electron chi connectivity index (χ1n) is 10.2. The molecule has 0 spiro atoms. The van der Waals surface area contributed by atoms with Gasteiger partial charge in [-0.3, -0.25) is 4.90 Å². The van der Waals surface area contributed by atoms with Gasteiger partial charge < -0.3 is 9.72 Å². The highest BCUT2D eigenvalue weighted by atomic mass is 32.2. The normalized spacial score (nSPS) is 16.4. The zero-order valence-electron chi connectivity index (χ0n) is 17.4. The number of methoxy groups -OCH3 is 1. The van der Waals surface area contributed by atoms with Crippen molar-refractivity contribution in [3.8, 4) is 5.75 Å². The van der Waals surface area contributed by atoms with E-state index < -0.39 is 0 Å². The number of nitrogens with one attached hydrogen (secondary N) is 1. The van der Waals surface area contributed by atoms with Crippen molar-refractivity contribution in [1.82, 2.24) is 19.9 Å². The molecule has 1 atom stereocenters. The second kappa shape index (κ2) is 8.32. The smallest absolute Gasteiger partial charge is 0.187 e. The summed E-state index contributed by atoms with van der Waals surface area (Å²) in [6, 6.07) is 13.2. The van der Waals surface area contributed by atoms with Gasteiger partial charge >= 0.3 is 0 Å². The number of fused-ring (bicyclic) bond motifs is 3. The molecule has 7 heteroatoms. The van der Waals surface area contributed by atoms with Crippen LogP contribution in [0.25, 0.3) is 10.9 Å². The topological polar surface area (TPSA) is 54.0 Å². The maximum absolute atomic E-state index is 15.2. The van der Waals surface area contributed by atoms with Crippen LogP contribution in [0.1, 0.15) is 28.4 Å². The van der Waals surface area contributed by atoms with Crippen LogP contribution in [-0.4, -0.2) is 39.8 Å². The lowest BCUT2D eigenvalue weighted by Gasteiger charge is -2.36. The molecule has 5 nitrogen and oxygen atoms in total. The molecule has 2 aromatic heterocycles. The highest BCUT2D eigenvalue weighted by Crippen LogP contribution is 2.40. The fraction of sp³-hybridized carbons (Fsp3) is 0.250. The summed E-state index contributed by atoms with van der Waals surface area (Å²) in [6.07, 6.45) is 6.58. The molecule has 5 rings (SSSR count). The fourth-order valence-corrected chi connectivity index (χ4v) is 4.75. The Morgan fingerprint density at radius 1 is 1.19 bits per heavy atom. The Bertz CT molecular complexity index is 1220. The van der Waals surface area contributed by atoms with E-state index in [1.165, 1.54) is 28.8 Å². The maximum Gasteiger partial charge on any atom is 0.187 e. The quantitative estimate of drug-likeness (QED) is 0.355. The van der Waals surface area contributed by atoms with E-state index in [2.05, 4.69) is 38.1 Å². The Labute approximate surface area is 184 Å².